The lowest BCUT2D eigenvalue weighted by molar-refractivity contribution is 0.192. The van der Waals surface area contributed by atoms with Gasteiger partial charge in [0.05, 0.1) is 6.61 Å². The Labute approximate surface area is 72.4 Å². The van der Waals surface area contributed by atoms with Crippen LogP contribution in [0.3, 0.4) is 0 Å². The molecule has 0 bridgehead atoms. The molecule has 0 heterocycles. The maximum Gasteiger partial charge on any atom is 0.469 e. The fraction of sp³-hybridized carbons (Fsp3) is 1.00. The molecule has 0 aliphatic rings. The van der Waals surface area contributed by atoms with Gasteiger partial charge in [-0.25, -0.2) is 4.57 Å². The lowest BCUT2D eigenvalue weighted by atomic mass is 10.1. The van der Waals surface area contributed by atoms with E-state index in [9.17, 15) is 4.57 Å². The molecule has 0 aromatic rings. The van der Waals surface area contributed by atoms with Crippen molar-refractivity contribution >= 4 is 7.82 Å². The third-order valence-corrected chi connectivity index (χ3v) is 1.54. The van der Waals surface area contributed by atoms with E-state index >= 15 is 0 Å². The lowest BCUT2D eigenvalue weighted by Gasteiger charge is -2.20. The second kappa shape index (κ2) is 4.35. The Balaban J connectivity index is 3.41. The van der Waals surface area contributed by atoms with Crippen LogP contribution in [0.5, 0.6) is 0 Å². The highest BCUT2D eigenvalue weighted by molar-refractivity contribution is 7.46. The van der Waals surface area contributed by atoms with Crippen molar-refractivity contribution in [1.29, 1.82) is 0 Å². The number of phosphoric ester groups is 1. The molecule has 0 unspecified atom stereocenters. The molecule has 0 aromatic heterocycles. The molecule has 0 aromatic carbocycles. The van der Waals surface area contributed by atoms with E-state index in [1.165, 1.54) is 0 Å². The average Bonchev–Trinajstić information content (AvgIpc) is 1.76. The van der Waals surface area contributed by atoms with Crippen LogP contribution in [-0.4, -0.2) is 28.5 Å². The van der Waals surface area contributed by atoms with Gasteiger partial charge in [-0.15, -0.1) is 0 Å². The standard InChI is InChI=1S/C6H16NO4P/c1-6(2,3)7-4-5-11-12(8,9)10/h7H,4-5H2,1-3H3,(H2,8,9,10). The van der Waals surface area contributed by atoms with Gasteiger partial charge in [0.2, 0.25) is 0 Å². The zero-order valence-corrected chi connectivity index (χ0v) is 8.47. The van der Waals surface area contributed by atoms with E-state index in [2.05, 4.69) is 9.84 Å². The Morgan fingerprint density at radius 3 is 2.25 bits per heavy atom. The molecule has 0 amide bonds. The first-order chi connectivity index (χ1) is 5.21. The Bertz CT molecular complexity index is 171. The highest BCUT2D eigenvalue weighted by atomic mass is 31.2. The Morgan fingerprint density at radius 2 is 1.92 bits per heavy atom. The quantitative estimate of drug-likeness (QED) is 0.451. The minimum atomic E-state index is -4.29. The van der Waals surface area contributed by atoms with Gasteiger partial charge >= 0.3 is 7.82 Å². The summed E-state index contributed by atoms with van der Waals surface area (Å²) in [6, 6.07) is 0. The first-order valence-electron chi connectivity index (χ1n) is 3.66. The molecule has 0 atom stereocenters. The Morgan fingerprint density at radius 1 is 1.42 bits per heavy atom. The van der Waals surface area contributed by atoms with Crippen LogP contribution in [0.1, 0.15) is 20.8 Å². The number of hydrogen-bond donors (Lipinski definition) is 3. The molecular formula is C6H16NO4P. The van der Waals surface area contributed by atoms with Gasteiger partial charge in [-0.1, -0.05) is 0 Å². The summed E-state index contributed by atoms with van der Waals surface area (Å²) in [6.45, 7) is 6.33. The van der Waals surface area contributed by atoms with Crippen LogP contribution in [-0.2, 0) is 9.09 Å². The van der Waals surface area contributed by atoms with E-state index in [0.717, 1.165) is 0 Å². The van der Waals surface area contributed by atoms with Crippen LogP contribution >= 0.6 is 7.82 Å². The third-order valence-electron chi connectivity index (χ3n) is 1.02. The van der Waals surface area contributed by atoms with Crippen molar-refractivity contribution in [2.24, 2.45) is 0 Å². The summed E-state index contributed by atoms with van der Waals surface area (Å²) in [5.74, 6) is 0. The van der Waals surface area contributed by atoms with Gasteiger partial charge in [-0.2, -0.15) is 0 Å². The van der Waals surface area contributed by atoms with Gasteiger partial charge in [0.25, 0.3) is 0 Å². The van der Waals surface area contributed by atoms with Crippen molar-refractivity contribution in [3.63, 3.8) is 0 Å². The monoisotopic (exact) mass is 197 g/mol. The van der Waals surface area contributed by atoms with E-state index in [1.54, 1.807) is 0 Å². The fourth-order valence-electron chi connectivity index (χ4n) is 0.591. The minimum Gasteiger partial charge on any atom is -0.310 e. The topological polar surface area (TPSA) is 78.8 Å². The van der Waals surface area contributed by atoms with Crippen LogP contribution in [0.25, 0.3) is 0 Å². The summed E-state index contributed by atoms with van der Waals surface area (Å²) in [7, 11) is -4.29. The summed E-state index contributed by atoms with van der Waals surface area (Å²) in [5.41, 5.74) is -0.0573. The molecular weight excluding hydrogens is 181 g/mol. The molecule has 0 aliphatic heterocycles. The molecule has 0 saturated heterocycles. The van der Waals surface area contributed by atoms with Gasteiger partial charge in [-0.3, -0.25) is 4.52 Å². The smallest absolute Gasteiger partial charge is 0.310 e. The van der Waals surface area contributed by atoms with Gasteiger partial charge in [0.15, 0.2) is 0 Å². The number of rotatable bonds is 4. The number of nitrogens with one attached hydrogen (secondary N) is 1. The molecule has 12 heavy (non-hydrogen) atoms. The Kier molecular flexibility index (Phi) is 4.37. The molecule has 5 nitrogen and oxygen atoms in total. The van der Waals surface area contributed by atoms with Crippen LogP contribution in [0.4, 0.5) is 0 Å². The van der Waals surface area contributed by atoms with Crippen LogP contribution in [0.15, 0.2) is 0 Å². The van der Waals surface area contributed by atoms with Crippen molar-refractivity contribution in [3.8, 4) is 0 Å². The summed E-state index contributed by atoms with van der Waals surface area (Å²) >= 11 is 0. The van der Waals surface area contributed by atoms with Crippen molar-refractivity contribution < 1.29 is 18.9 Å². The van der Waals surface area contributed by atoms with E-state index in [-0.39, 0.29) is 12.1 Å². The Hall–Kier alpha value is 0.0700. The largest absolute Gasteiger partial charge is 0.469 e. The normalized spacial score (nSPS) is 13.4. The van der Waals surface area contributed by atoms with Gasteiger partial charge in [0, 0.05) is 12.1 Å². The highest BCUT2D eigenvalue weighted by Gasteiger charge is 2.14. The molecule has 6 heteroatoms. The summed E-state index contributed by atoms with van der Waals surface area (Å²) in [6.07, 6.45) is 0. The molecule has 0 rings (SSSR count). The summed E-state index contributed by atoms with van der Waals surface area (Å²) in [4.78, 5) is 16.6. The SMILES string of the molecule is CC(C)(C)NCCOP(=O)(O)O. The molecule has 0 radical (unpaired) electrons. The van der Waals surface area contributed by atoms with Crippen LogP contribution < -0.4 is 5.32 Å². The molecule has 74 valence electrons. The fourth-order valence-corrected chi connectivity index (χ4v) is 0.920. The maximum absolute atomic E-state index is 10.2. The predicted molar refractivity (Wildman–Crippen MR) is 45.8 cm³/mol. The van der Waals surface area contributed by atoms with Crippen molar-refractivity contribution in [3.05, 3.63) is 0 Å². The first-order valence-corrected chi connectivity index (χ1v) is 5.19. The zero-order valence-electron chi connectivity index (χ0n) is 7.57. The van der Waals surface area contributed by atoms with Crippen LogP contribution in [0, 0.1) is 0 Å². The van der Waals surface area contributed by atoms with Crippen LogP contribution in [0.2, 0.25) is 0 Å². The van der Waals surface area contributed by atoms with E-state index in [4.69, 9.17) is 9.79 Å². The minimum absolute atomic E-state index is 0.0154. The highest BCUT2D eigenvalue weighted by Crippen LogP contribution is 2.35. The molecule has 0 spiro atoms. The lowest BCUT2D eigenvalue weighted by Crippen LogP contribution is -2.37. The summed E-state index contributed by atoms with van der Waals surface area (Å²) in [5, 5.41) is 3.03. The van der Waals surface area contributed by atoms with E-state index in [0.29, 0.717) is 6.54 Å². The third kappa shape index (κ3) is 10.1. The van der Waals surface area contributed by atoms with E-state index in [1.807, 2.05) is 20.8 Å². The van der Waals surface area contributed by atoms with Gasteiger partial charge < -0.3 is 15.1 Å². The molecule has 0 aliphatic carbocycles. The second-order valence-electron chi connectivity index (χ2n) is 3.50. The van der Waals surface area contributed by atoms with Crippen molar-refractivity contribution in [2.45, 2.75) is 26.3 Å². The first kappa shape index (κ1) is 12.1. The molecule has 0 saturated carbocycles. The number of phosphoric acid groups is 1. The van der Waals surface area contributed by atoms with Gasteiger partial charge in [0.1, 0.15) is 0 Å². The average molecular weight is 197 g/mol. The number of hydrogen-bond acceptors (Lipinski definition) is 3. The second-order valence-corrected chi connectivity index (χ2v) is 4.74. The van der Waals surface area contributed by atoms with E-state index < -0.39 is 7.82 Å². The van der Waals surface area contributed by atoms with Gasteiger partial charge in [-0.05, 0) is 20.8 Å². The predicted octanol–water partition coefficient (Wildman–Crippen LogP) is 0.484. The zero-order chi connectivity index (χ0) is 9.83. The van der Waals surface area contributed by atoms with Crippen molar-refractivity contribution in [2.75, 3.05) is 13.2 Å². The molecule has 0 fully saturated rings. The maximum atomic E-state index is 10.2. The molecule has 3 N–H and O–H groups in total. The summed E-state index contributed by atoms with van der Waals surface area (Å²) < 4.78 is 14.4. The van der Waals surface area contributed by atoms with Crippen molar-refractivity contribution in [1.82, 2.24) is 5.32 Å².